The first-order valence-electron chi connectivity index (χ1n) is 5.19. The molecule has 0 saturated carbocycles. The normalized spacial score (nSPS) is 9.62. The predicted molar refractivity (Wildman–Crippen MR) is 62.2 cm³/mol. The monoisotopic (exact) mass is 220 g/mol. The molecule has 0 spiro atoms. The van der Waals surface area contributed by atoms with Crippen LogP contribution in [0.5, 0.6) is 0 Å². The van der Waals surface area contributed by atoms with Crippen molar-refractivity contribution in [2.24, 2.45) is 0 Å². The molecule has 4 heteroatoms. The SMILES string of the molecule is CC(=O)NCCNC(=O)c1ccc(C)cc1. The summed E-state index contributed by atoms with van der Waals surface area (Å²) in [4.78, 5) is 22.1. The van der Waals surface area contributed by atoms with E-state index in [4.69, 9.17) is 0 Å². The highest BCUT2D eigenvalue weighted by Gasteiger charge is 2.03. The number of nitrogens with one attached hydrogen (secondary N) is 2. The average molecular weight is 220 g/mol. The van der Waals surface area contributed by atoms with E-state index in [-0.39, 0.29) is 11.8 Å². The lowest BCUT2D eigenvalue weighted by molar-refractivity contribution is -0.118. The summed E-state index contributed by atoms with van der Waals surface area (Å²) in [6.45, 7) is 4.31. The van der Waals surface area contributed by atoms with E-state index < -0.39 is 0 Å². The van der Waals surface area contributed by atoms with Crippen LogP contribution in [0.3, 0.4) is 0 Å². The summed E-state index contributed by atoms with van der Waals surface area (Å²) in [6, 6.07) is 7.34. The summed E-state index contributed by atoms with van der Waals surface area (Å²) in [7, 11) is 0. The second-order valence-corrected chi connectivity index (χ2v) is 3.60. The average Bonchev–Trinajstić information content (AvgIpc) is 2.25. The molecule has 86 valence electrons. The fourth-order valence-corrected chi connectivity index (χ4v) is 1.22. The second kappa shape index (κ2) is 5.90. The van der Waals surface area contributed by atoms with Gasteiger partial charge in [0.1, 0.15) is 0 Å². The molecule has 0 bridgehead atoms. The zero-order valence-corrected chi connectivity index (χ0v) is 9.54. The van der Waals surface area contributed by atoms with Crippen LogP contribution < -0.4 is 10.6 Å². The van der Waals surface area contributed by atoms with Crippen molar-refractivity contribution in [1.29, 1.82) is 0 Å². The van der Waals surface area contributed by atoms with E-state index in [1.165, 1.54) is 6.92 Å². The first-order valence-corrected chi connectivity index (χ1v) is 5.19. The Morgan fingerprint density at radius 3 is 2.19 bits per heavy atom. The van der Waals surface area contributed by atoms with E-state index in [2.05, 4.69) is 10.6 Å². The molecule has 16 heavy (non-hydrogen) atoms. The van der Waals surface area contributed by atoms with Gasteiger partial charge >= 0.3 is 0 Å². The Kier molecular flexibility index (Phi) is 4.51. The van der Waals surface area contributed by atoms with Gasteiger partial charge in [-0.3, -0.25) is 9.59 Å². The molecule has 0 saturated heterocycles. The van der Waals surface area contributed by atoms with Gasteiger partial charge in [-0.1, -0.05) is 17.7 Å². The van der Waals surface area contributed by atoms with E-state index in [9.17, 15) is 9.59 Å². The fraction of sp³-hybridized carbons (Fsp3) is 0.333. The van der Waals surface area contributed by atoms with Crippen LogP contribution in [-0.4, -0.2) is 24.9 Å². The van der Waals surface area contributed by atoms with E-state index in [1.54, 1.807) is 12.1 Å². The molecule has 4 nitrogen and oxygen atoms in total. The lowest BCUT2D eigenvalue weighted by atomic mass is 10.1. The van der Waals surface area contributed by atoms with Crippen LogP contribution in [0.1, 0.15) is 22.8 Å². The highest BCUT2D eigenvalue weighted by Crippen LogP contribution is 2.02. The van der Waals surface area contributed by atoms with Gasteiger partial charge in [0, 0.05) is 25.6 Å². The lowest BCUT2D eigenvalue weighted by Gasteiger charge is -2.05. The van der Waals surface area contributed by atoms with Crippen molar-refractivity contribution in [2.75, 3.05) is 13.1 Å². The van der Waals surface area contributed by atoms with Crippen molar-refractivity contribution in [3.63, 3.8) is 0 Å². The van der Waals surface area contributed by atoms with Crippen LogP contribution in [0.15, 0.2) is 24.3 Å². The van der Waals surface area contributed by atoms with Crippen LogP contribution >= 0.6 is 0 Å². The maximum Gasteiger partial charge on any atom is 0.251 e. The van der Waals surface area contributed by atoms with Crippen LogP contribution in [0.25, 0.3) is 0 Å². The molecular weight excluding hydrogens is 204 g/mol. The van der Waals surface area contributed by atoms with Crippen molar-refractivity contribution in [3.05, 3.63) is 35.4 Å². The van der Waals surface area contributed by atoms with E-state index in [0.717, 1.165) is 5.56 Å². The summed E-state index contributed by atoms with van der Waals surface area (Å²) in [6.07, 6.45) is 0. The van der Waals surface area contributed by atoms with Gasteiger partial charge in [0.15, 0.2) is 0 Å². The quantitative estimate of drug-likeness (QED) is 0.739. The summed E-state index contributed by atoms with van der Waals surface area (Å²) in [5.74, 6) is -0.213. The van der Waals surface area contributed by atoms with Crippen molar-refractivity contribution >= 4 is 11.8 Å². The molecule has 1 aromatic rings. The molecule has 1 aromatic carbocycles. The first-order chi connectivity index (χ1) is 7.59. The van der Waals surface area contributed by atoms with Crippen molar-refractivity contribution in [3.8, 4) is 0 Å². The Balaban J connectivity index is 2.35. The molecule has 2 amide bonds. The largest absolute Gasteiger partial charge is 0.355 e. The molecule has 0 atom stereocenters. The summed E-state index contributed by atoms with van der Waals surface area (Å²) in [5, 5.41) is 5.33. The van der Waals surface area contributed by atoms with E-state index in [0.29, 0.717) is 18.7 Å². The number of benzene rings is 1. The van der Waals surface area contributed by atoms with Crippen LogP contribution in [0.4, 0.5) is 0 Å². The minimum absolute atomic E-state index is 0.0930. The van der Waals surface area contributed by atoms with Crippen LogP contribution in [0, 0.1) is 6.92 Å². The fourth-order valence-electron chi connectivity index (χ4n) is 1.22. The van der Waals surface area contributed by atoms with Crippen molar-refractivity contribution < 1.29 is 9.59 Å². The van der Waals surface area contributed by atoms with E-state index >= 15 is 0 Å². The Morgan fingerprint density at radius 2 is 1.62 bits per heavy atom. The molecule has 0 aliphatic rings. The zero-order chi connectivity index (χ0) is 12.0. The Hall–Kier alpha value is -1.84. The van der Waals surface area contributed by atoms with Crippen LogP contribution in [0.2, 0.25) is 0 Å². The van der Waals surface area contributed by atoms with Gasteiger partial charge in [0.25, 0.3) is 5.91 Å². The third-order valence-corrected chi connectivity index (χ3v) is 2.10. The highest BCUT2D eigenvalue weighted by molar-refractivity contribution is 5.94. The van der Waals surface area contributed by atoms with Gasteiger partial charge in [-0.15, -0.1) is 0 Å². The number of hydrogen-bond donors (Lipinski definition) is 2. The van der Waals surface area contributed by atoms with Gasteiger partial charge in [-0.25, -0.2) is 0 Å². The number of carbonyl (C=O) groups excluding carboxylic acids is 2. The summed E-state index contributed by atoms with van der Waals surface area (Å²) < 4.78 is 0. The Bertz CT molecular complexity index is 371. The molecule has 0 aliphatic heterocycles. The maximum absolute atomic E-state index is 11.6. The van der Waals surface area contributed by atoms with Crippen molar-refractivity contribution in [1.82, 2.24) is 10.6 Å². The Labute approximate surface area is 95.0 Å². The minimum Gasteiger partial charge on any atom is -0.355 e. The Morgan fingerprint density at radius 1 is 1.06 bits per heavy atom. The number of rotatable bonds is 4. The van der Waals surface area contributed by atoms with Gasteiger partial charge in [-0.2, -0.15) is 0 Å². The standard InChI is InChI=1S/C12H16N2O2/c1-9-3-5-11(6-4-9)12(16)14-8-7-13-10(2)15/h3-6H,7-8H2,1-2H3,(H,13,15)(H,14,16). The molecule has 0 radical (unpaired) electrons. The van der Waals surface area contributed by atoms with Gasteiger partial charge < -0.3 is 10.6 Å². The third kappa shape index (κ3) is 4.13. The number of amides is 2. The first kappa shape index (κ1) is 12.2. The molecular formula is C12H16N2O2. The van der Waals surface area contributed by atoms with E-state index in [1.807, 2.05) is 19.1 Å². The molecule has 0 aromatic heterocycles. The highest BCUT2D eigenvalue weighted by atomic mass is 16.2. The molecule has 2 N–H and O–H groups in total. The number of hydrogen-bond acceptors (Lipinski definition) is 2. The summed E-state index contributed by atoms with van der Waals surface area (Å²) in [5.41, 5.74) is 1.75. The molecule has 0 fully saturated rings. The second-order valence-electron chi connectivity index (χ2n) is 3.60. The van der Waals surface area contributed by atoms with Crippen molar-refractivity contribution in [2.45, 2.75) is 13.8 Å². The smallest absolute Gasteiger partial charge is 0.251 e. The predicted octanol–water partition coefficient (Wildman–Crippen LogP) is 0.861. The lowest BCUT2D eigenvalue weighted by Crippen LogP contribution is -2.33. The minimum atomic E-state index is -0.120. The number of aryl methyl sites for hydroxylation is 1. The number of carbonyl (C=O) groups is 2. The topological polar surface area (TPSA) is 58.2 Å². The molecule has 0 aliphatic carbocycles. The summed E-state index contributed by atoms with van der Waals surface area (Å²) >= 11 is 0. The van der Waals surface area contributed by atoms with Gasteiger partial charge in [0.2, 0.25) is 5.91 Å². The molecule has 1 rings (SSSR count). The molecule has 0 unspecified atom stereocenters. The zero-order valence-electron chi connectivity index (χ0n) is 9.54. The van der Waals surface area contributed by atoms with Gasteiger partial charge in [-0.05, 0) is 19.1 Å². The van der Waals surface area contributed by atoms with Gasteiger partial charge in [0.05, 0.1) is 0 Å². The molecule has 0 heterocycles. The maximum atomic E-state index is 11.6. The van der Waals surface area contributed by atoms with Crippen LogP contribution in [-0.2, 0) is 4.79 Å². The third-order valence-electron chi connectivity index (χ3n) is 2.10.